The standard InChI is InChI=1S/C19H22N8O/c1-12(2)17(28-4)18-25-24-16-11-13(7-10-27(16)18)14-5-8-20-19(22-14)23-15-6-9-21-26(15)3/h5-12,17H,1-4H3,(H,20,22,23)/t17-/m0/s1. The fourth-order valence-corrected chi connectivity index (χ4v) is 3.13. The molecule has 9 heteroatoms. The topological polar surface area (TPSA) is 95.0 Å². The first-order chi connectivity index (χ1) is 13.6. The van der Waals surface area contributed by atoms with Crippen molar-refractivity contribution in [2.24, 2.45) is 13.0 Å². The molecule has 0 unspecified atom stereocenters. The highest BCUT2D eigenvalue weighted by atomic mass is 16.5. The maximum absolute atomic E-state index is 5.60. The van der Waals surface area contributed by atoms with E-state index in [-0.39, 0.29) is 6.10 Å². The monoisotopic (exact) mass is 378 g/mol. The smallest absolute Gasteiger partial charge is 0.228 e. The minimum atomic E-state index is -0.116. The molecule has 4 aromatic heterocycles. The van der Waals surface area contributed by atoms with Crippen molar-refractivity contribution in [1.29, 1.82) is 0 Å². The quantitative estimate of drug-likeness (QED) is 0.551. The van der Waals surface area contributed by atoms with Gasteiger partial charge in [-0.05, 0) is 24.1 Å². The highest BCUT2D eigenvalue weighted by Gasteiger charge is 2.21. The van der Waals surface area contributed by atoms with Gasteiger partial charge in [0.05, 0.1) is 11.9 Å². The molecule has 0 aliphatic rings. The Labute approximate surface area is 162 Å². The maximum atomic E-state index is 5.60. The molecule has 1 atom stereocenters. The molecule has 1 N–H and O–H groups in total. The zero-order valence-electron chi connectivity index (χ0n) is 16.2. The fourth-order valence-electron chi connectivity index (χ4n) is 3.13. The van der Waals surface area contributed by atoms with Gasteiger partial charge in [0.25, 0.3) is 0 Å². The molecule has 0 aliphatic carbocycles. The van der Waals surface area contributed by atoms with Crippen molar-refractivity contribution >= 4 is 17.4 Å². The Kier molecular flexibility index (Phi) is 4.74. The second kappa shape index (κ2) is 7.35. The van der Waals surface area contributed by atoms with Crippen LogP contribution in [0.15, 0.2) is 42.9 Å². The van der Waals surface area contributed by atoms with E-state index in [1.54, 1.807) is 24.2 Å². The largest absolute Gasteiger partial charge is 0.373 e. The Morgan fingerprint density at radius 3 is 2.68 bits per heavy atom. The molecule has 4 rings (SSSR count). The van der Waals surface area contributed by atoms with E-state index in [4.69, 9.17) is 4.74 Å². The Morgan fingerprint density at radius 1 is 1.11 bits per heavy atom. The van der Waals surface area contributed by atoms with Crippen molar-refractivity contribution in [1.82, 2.24) is 34.3 Å². The molecule has 0 aliphatic heterocycles. The molecular formula is C19H22N8O. The Hall–Kier alpha value is -3.33. The number of ether oxygens (including phenoxy) is 1. The van der Waals surface area contributed by atoms with Crippen LogP contribution in [-0.4, -0.2) is 41.5 Å². The lowest BCUT2D eigenvalue weighted by molar-refractivity contribution is 0.0567. The van der Waals surface area contributed by atoms with Crippen molar-refractivity contribution < 1.29 is 4.74 Å². The van der Waals surface area contributed by atoms with Crippen molar-refractivity contribution in [3.05, 3.63) is 48.7 Å². The molecule has 9 nitrogen and oxygen atoms in total. The number of anilines is 2. The predicted octanol–water partition coefficient (Wildman–Crippen LogP) is 3.01. The minimum absolute atomic E-state index is 0.116. The van der Waals surface area contributed by atoms with Gasteiger partial charge in [-0.2, -0.15) is 5.10 Å². The van der Waals surface area contributed by atoms with Crippen molar-refractivity contribution in [2.45, 2.75) is 20.0 Å². The van der Waals surface area contributed by atoms with E-state index >= 15 is 0 Å². The second-order valence-electron chi connectivity index (χ2n) is 6.83. The second-order valence-corrected chi connectivity index (χ2v) is 6.83. The number of nitrogens with one attached hydrogen (secondary N) is 1. The van der Waals surface area contributed by atoms with E-state index in [0.717, 1.165) is 28.5 Å². The lowest BCUT2D eigenvalue weighted by Crippen LogP contribution is -2.12. The van der Waals surface area contributed by atoms with Crippen LogP contribution in [0.2, 0.25) is 0 Å². The van der Waals surface area contributed by atoms with Crippen molar-refractivity contribution in [3.63, 3.8) is 0 Å². The van der Waals surface area contributed by atoms with Crippen LogP contribution >= 0.6 is 0 Å². The lowest BCUT2D eigenvalue weighted by Gasteiger charge is -2.17. The average Bonchev–Trinajstić information content (AvgIpc) is 3.29. The summed E-state index contributed by atoms with van der Waals surface area (Å²) in [6, 6.07) is 7.67. The van der Waals surface area contributed by atoms with E-state index in [0.29, 0.717) is 11.9 Å². The SMILES string of the molecule is CO[C@H](c1nnc2cc(-c3ccnc(Nc4ccnn4C)n3)ccn12)C(C)C. The van der Waals surface area contributed by atoms with Gasteiger partial charge in [0.1, 0.15) is 11.9 Å². The zero-order valence-corrected chi connectivity index (χ0v) is 16.2. The van der Waals surface area contributed by atoms with E-state index in [2.05, 4.69) is 44.4 Å². The maximum Gasteiger partial charge on any atom is 0.228 e. The molecule has 0 saturated carbocycles. The van der Waals surface area contributed by atoms with Crippen LogP contribution in [0.4, 0.5) is 11.8 Å². The Balaban J connectivity index is 1.66. The Morgan fingerprint density at radius 2 is 1.96 bits per heavy atom. The van der Waals surface area contributed by atoms with E-state index in [9.17, 15) is 0 Å². The number of aryl methyl sites for hydroxylation is 1. The molecule has 28 heavy (non-hydrogen) atoms. The van der Waals surface area contributed by atoms with Gasteiger partial charge < -0.3 is 10.1 Å². The highest BCUT2D eigenvalue weighted by molar-refractivity contribution is 5.65. The van der Waals surface area contributed by atoms with E-state index in [1.807, 2.05) is 41.9 Å². The number of hydrogen-bond acceptors (Lipinski definition) is 7. The third-order valence-electron chi connectivity index (χ3n) is 4.56. The minimum Gasteiger partial charge on any atom is -0.373 e. The molecule has 4 heterocycles. The van der Waals surface area contributed by atoms with Crippen molar-refractivity contribution in [3.8, 4) is 11.3 Å². The van der Waals surface area contributed by atoms with Gasteiger partial charge in [-0.3, -0.25) is 9.08 Å². The van der Waals surface area contributed by atoms with Gasteiger partial charge >= 0.3 is 0 Å². The molecule has 0 spiro atoms. The van der Waals surface area contributed by atoms with Crippen LogP contribution in [0.25, 0.3) is 16.9 Å². The van der Waals surface area contributed by atoms with Gasteiger partial charge in [0, 0.05) is 38.2 Å². The van der Waals surface area contributed by atoms with Crippen molar-refractivity contribution in [2.75, 3.05) is 12.4 Å². The van der Waals surface area contributed by atoms with Crippen LogP contribution in [-0.2, 0) is 11.8 Å². The molecule has 4 aromatic rings. The summed E-state index contributed by atoms with van der Waals surface area (Å²) < 4.78 is 9.27. The normalized spacial score (nSPS) is 12.6. The van der Waals surface area contributed by atoms with Crippen LogP contribution in [0.5, 0.6) is 0 Å². The van der Waals surface area contributed by atoms with Gasteiger partial charge in [0.2, 0.25) is 5.95 Å². The Bertz CT molecular complexity index is 1100. The number of nitrogens with zero attached hydrogens (tertiary/aromatic N) is 7. The van der Waals surface area contributed by atoms with Gasteiger partial charge in [-0.25, -0.2) is 9.97 Å². The molecule has 0 fully saturated rings. The number of fused-ring (bicyclic) bond motifs is 1. The first-order valence-electron chi connectivity index (χ1n) is 9.02. The summed E-state index contributed by atoms with van der Waals surface area (Å²) in [7, 11) is 3.55. The molecule has 0 bridgehead atoms. The molecule has 0 saturated heterocycles. The number of hydrogen-bond donors (Lipinski definition) is 1. The predicted molar refractivity (Wildman–Crippen MR) is 105 cm³/mol. The van der Waals surface area contributed by atoms with E-state index < -0.39 is 0 Å². The van der Waals surface area contributed by atoms with Crippen LogP contribution < -0.4 is 5.32 Å². The summed E-state index contributed by atoms with van der Waals surface area (Å²) >= 11 is 0. The first-order valence-corrected chi connectivity index (χ1v) is 9.02. The van der Waals surface area contributed by atoms with Crippen LogP contribution in [0.3, 0.4) is 0 Å². The molecule has 0 aromatic carbocycles. The van der Waals surface area contributed by atoms with E-state index in [1.165, 1.54) is 0 Å². The third-order valence-corrected chi connectivity index (χ3v) is 4.56. The fraction of sp³-hybridized carbons (Fsp3) is 0.316. The van der Waals surface area contributed by atoms with Crippen LogP contribution in [0.1, 0.15) is 25.8 Å². The number of aromatic nitrogens is 7. The molecule has 0 radical (unpaired) electrons. The van der Waals surface area contributed by atoms with Gasteiger partial charge in [-0.1, -0.05) is 13.8 Å². The highest BCUT2D eigenvalue weighted by Crippen LogP contribution is 2.26. The summed E-state index contributed by atoms with van der Waals surface area (Å²) in [5.74, 6) is 2.40. The zero-order chi connectivity index (χ0) is 19.7. The molecular weight excluding hydrogens is 356 g/mol. The lowest BCUT2D eigenvalue weighted by atomic mass is 10.1. The van der Waals surface area contributed by atoms with Gasteiger partial charge in [-0.15, -0.1) is 10.2 Å². The summed E-state index contributed by atoms with van der Waals surface area (Å²) in [5.41, 5.74) is 2.47. The summed E-state index contributed by atoms with van der Waals surface area (Å²) in [5, 5.41) is 15.9. The third kappa shape index (κ3) is 3.31. The van der Waals surface area contributed by atoms with Crippen LogP contribution in [0, 0.1) is 5.92 Å². The number of methoxy groups -OCH3 is 1. The average molecular weight is 378 g/mol. The summed E-state index contributed by atoms with van der Waals surface area (Å²) in [4.78, 5) is 8.89. The summed E-state index contributed by atoms with van der Waals surface area (Å²) in [6.45, 7) is 4.20. The number of pyridine rings is 1. The molecule has 144 valence electrons. The molecule has 0 amide bonds. The van der Waals surface area contributed by atoms with Gasteiger partial charge in [0.15, 0.2) is 11.5 Å². The first kappa shape index (κ1) is 18.1. The summed E-state index contributed by atoms with van der Waals surface area (Å²) in [6.07, 6.45) is 5.27. The number of rotatable bonds is 6.